The first-order valence-corrected chi connectivity index (χ1v) is 9.30. The van der Waals surface area contributed by atoms with Gasteiger partial charge in [-0.1, -0.05) is 0 Å². The Labute approximate surface area is 146 Å². The Bertz CT molecular complexity index is 759. The van der Waals surface area contributed by atoms with Crippen LogP contribution in [0.3, 0.4) is 0 Å². The summed E-state index contributed by atoms with van der Waals surface area (Å²) in [5.41, 5.74) is 8.62. The SMILES string of the molecule is NC(=O)c1cnc2c(c1NC1C3CC4CC1CC(CO)(C4)C3)N=CC2. The second-order valence-electron chi connectivity index (χ2n) is 8.52. The number of primary amides is 1. The van der Waals surface area contributed by atoms with Crippen molar-refractivity contribution in [3.63, 3.8) is 0 Å². The van der Waals surface area contributed by atoms with Gasteiger partial charge in [0, 0.05) is 31.5 Å². The fourth-order valence-electron chi connectivity index (χ4n) is 6.17. The molecule has 0 radical (unpaired) electrons. The zero-order chi connectivity index (χ0) is 17.2. The molecule has 1 amide bonds. The number of nitrogens with one attached hydrogen (secondary N) is 1. The van der Waals surface area contributed by atoms with Crippen LogP contribution in [0.4, 0.5) is 11.4 Å². The topological polar surface area (TPSA) is 101 Å². The third-order valence-electron chi connectivity index (χ3n) is 6.95. The standard InChI is InChI=1S/C19H24N4O2/c20-18(25)13-8-22-14-1-2-21-17(14)16(13)23-15-11-3-10-4-12(15)7-19(5-10,6-11)9-24/h2,8,10-12,15,24H,1,3-7,9H2,(H2,20,25)(H,22,23). The van der Waals surface area contributed by atoms with Crippen molar-refractivity contribution in [2.75, 3.05) is 11.9 Å². The molecule has 2 heterocycles. The number of hydrogen-bond acceptors (Lipinski definition) is 5. The number of carbonyl (C=O) groups is 1. The van der Waals surface area contributed by atoms with Crippen LogP contribution < -0.4 is 11.1 Å². The van der Waals surface area contributed by atoms with Crippen molar-refractivity contribution >= 4 is 23.5 Å². The van der Waals surface area contributed by atoms with E-state index in [9.17, 15) is 9.90 Å². The monoisotopic (exact) mass is 340 g/mol. The van der Waals surface area contributed by atoms with Gasteiger partial charge in [0.2, 0.25) is 0 Å². The molecule has 2 atom stereocenters. The quantitative estimate of drug-likeness (QED) is 0.781. The number of aliphatic imine (C=N–C) groups is 1. The molecule has 6 nitrogen and oxygen atoms in total. The molecule has 1 aliphatic heterocycles. The lowest BCUT2D eigenvalue weighted by atomic mass is 9.48. The first-order chi connectivity index (χ1) is 12.1. The van der Waals surface area contributed by atoms with Crippen molar-refractivity contribution in [2.45, 2.75) is 44.6 Å². The van der Waals surface area contributed by atoms with Gasteiger partial charge in [0.05, 0.1) is 16.9 Å². The number of aliphatic hydroxyl groups is 1. The number of anilines is 1. The summed E-state index contributed by atoms with van der Waals surface area (Å²) < 4.78 is 0. The number of pyridine rings is 1. The van der Waals surface area contributed by atoms with E-state index in [-0.39, 0.29) is 5.41 Å². The van der Waals surface area contributed by atoms with Gasteiger partial charge in [-0.25, -0.2) is 0 Å². The van der Waals surface area contributed by atoms with Crippen molar-refractivity contribution < 1.29 is 9.90 Å². The predicted octanol–water partition coefficient (Wildman–Crippen LogP) is 2.04. The Morgan fingerprint density at radius 3 is 2.76 bits per heavy atom. The fourth-order valence-corrected chi connectivity index (χ4v) is 6.17. The van der Waals surface area contributed by atoms with Crippen LogP contribution in [0.15, 0.2) is 11.2 Å². The highest BCUT2D eigenvalue weighted by atomic mass is 16.3. The number of rotatable bonds is 4. The number of hydrogen-bond donors (Lipinski definition) is 3. The molecule has 132 valence electrons. The minimum absolute atomic E-state index is 0.138. The summed E-state index contributed by atoms with van der Waals surface area (Å²) in [5, 5.41) is 13.6. The lowest BCUT2D eigenvalue weighted by Gasteiger charge is -2.60. The van der Waals surface area contributed by atoms with Crippen molar-refractivity contribution in [3.8, 4) is 0 Å². The molecule has 6 heteroatoms. The normalized spacial score (nSPS) is 37.3. The van der Waals surface area contributed by atoms with Gasteiger partial charge in [-0.05, 0) is 55.3 Å². The van der Waals surface area contributed by atoms with Gasteiger partial charge in [-0.3, -0.25) is 14.8 Å². The molecular formula is C19H24N4O2. The second kappa shape index (κ2) is 5.27. The Balaban J connectivity index is 1.50. The summed E-state index contributed by atoms with van der Waals surface area (Å²) in [4.78, 5) is 20.7. The van der Waals surface area contributed by atoms with E-state index in [2.05, 4.69) is 15.3 Å². The van der Waals surface area contributed by atoms with Crippen LogP contribution in [0, 0.1) is 23.2 Å². The van der Waals surface area contributed by atoms with E-state index < -0.39 is 5.91 Å². The first kappa shape index (κ1) is 15.3. The molecule has 1 aromatic heterocycles. The van der Waals surface area contributed by atoms with Gasteiger partial charge in [0.15, 0.2) is 0 Å². The summed E-state index contributed by atoms with van der Waals surface area (Å²) >= 11 is 0. The minimum atomic E-state index is -0.462. The fraction of sp³-hybridized carbons (Fsp3) is 0.632. The second-order valence-corrected chi connectivity index (χ2v) is 8.52. The minimum Gasteiger partial charge on any atom is -0.396 e. The van der Waals surface area contributed by atoms with Crippen LogP contribution >= 0.6 is 0 Å². The van der Waals surface area contributed by atoms with Crippen LogP contribution in [-0.4, -0.2) is 34.9 Å². The largest absolute Gasteiger partial charge is 0.396 e. The maximum absolute atomic E-state index is 11.9. The molecule has 4 aliphatic carbocycles. The Kier molecular flexibility index (Phi) is 3.23. The van der Waals surface area contributed by atoms with Crippen molar-refractivity contribution in [3.05, 3.63) is 17.5 Å². The third kappa shape index (κ3) is 2.23. The molecule has 4 N–H and O–H groups in total. The van der Waals surface area contributed by atoms with Gasteiger partial charge in [0.1, 0.15) is 5.69 Å². The lowest BCUT2D eigenvalue weighted by molar-refractivity contribution is -0.0868. The zero-order valence-electron chi connectivity index (χ0n) is 14.2. The third-order valence-corrected chi connectivity index (χ3v) is 6.95. The number of nitrogens with zero attached hydrogens (tertiary/aromatic N) is 2. The van der Waals surface area contributed by atoms with E-state index in [1.54, 1.807) is 6.20 Å². The van der Waals surface area contributed by atoms with Crippen LogP contribution in [0.1, 0.15) is 48.2 Å². The summed E-state index contributed by atoms with van der Waals surface area (Å²) in [7, 11) is 0. The first-order valence-electron chi connectivity index (χ1n) is 9.30. The highest BCUT2D eigenvalue weighted by molar-refractivity contribution is 6.02. The van der Waals surface area contributed by atoms with E-state index >= 15 is 0 Å². The molecule has 6 rings (SSSR count). The molecule has 25 heavy (non-hydrogen) atoms. The average molecular weight is 340 g/mol. The van der Waals surface area contributed by atoms with Crippen molar-refractivity contribution in [2.24, 2.45) is 33.9 Å². The van der Waals surface area contributed by atoms with Crippen molar-refractivity contribution in [1.29, 1.82) is 0 Å². The van der Waals surface area contributed by atoms with Crippen LogP contribution in [0.25, 0.3) is 0 Å². The van der Waals surface area contributed by atoms with Crippen LogP contribution in [-0.2, 0) is 6.42 Å². The number of amides is 1. The van der Waals surface area contributed by atoms with E-state index in [1.807, 2.05) is 6.21 Å². The van der Waals surface area contributed by atoms with Crippen molar-refractivity contribution in [1.82, 2.24) is 4.98 Å². The highest BCUT2D eigenvalue weighted by Gasteiger charge is 2.55. The Morgan fingerprint density at radius 2 is 2.08 bits per heavy atom. The smallest absolute Gasteiger partial charge is 0.252 e. The molecule has 4 bridgehead atoms. The maximum atomic E-state index is 11.9. The lowest BCUT2D eigenvalue weighted by Crippen LogP contribution is -2.57. The summed E-state index contributed by atoms with van der Waals surface area (Å²) in [6, 6.07) is 0.330. The summed E-state index contributed by atoms with van der Waals surface area (Å²) in [6.07, 6.45) is 9.92. The number of nitrogens with two attached hydrogens (primary N) is 1. The molecule has 0 aromatic carbocycles. The summed E-state index contributed by atoms with van der Waals surface area (Å²) in [5.74, 6) is 1.39. The van der Waals surface area contributed by atoms with E-state index in [1.165, 1.54) is 19.3 Å². The van der Waals surface area contributed by atoms with Crippen LogP contribution in [0.2, 0.25) is 0 Å². The number of fused-ring (bicyclic) bond motifs is 1. The summed E-state index contributed by atoms with van der Waals surface area (Å²) in [6.45, 7) is 0.310. The molecule has 4 fully saturated rings. The van der Waals surface area contributed by atoms with Crippen LogP contribution in [0.5, 0.6) is 0 Å². The van der Waals surface area contributed by atoms with E-state index in [0.29, 0.717) is 36.5 Å². The zero-order valence-corrected chi connectivity index (χ0v) is 14.2. The van der Waals surface area contributed by atoms with Gasteiger partial charge < -0.3 is 16.2 Å². The van der Waals surface area contributed by atoms with Gasteiger partial charge in [-0.2, -0.15) is 0 Å². The van der Waals surface area contributed by atoms with Gasteiger partial charge in [-0.15, -0.1) is 0 Å². The number of carbonyl (C=O) groups excluding carboxylic acids is 1. The van der Waals surface area contributed by atoms with Gasteiger partial charge >= 0.3 is 0 Å². The number of aliphatic hydroxyl groups excluding tert-OH is 1. The highest BCUT2D eigenvalue weighted by Crippen LogP contribution is 2.60. The number of aromatic nitrogens is 1. The molecular weight excluding hydrogens is 316 g/mol. The Hall–Kier alpha value is -1.95. The molecule has 1 aromatic rings. The predicted molar refractivity (Wildman–Crippen MR) is 95.1 cm³/mol. The molecule has 2 unspecified atom stereocenters. The van der Waals surface area contributed by atoms with Gasteiger partial charge in [0.25, 0.3) is 5.91 Å². The average Bonchev–Trinajstić information content (AvgIpc) is 3.06. The maximum Gasteiger partial charge on any atom is 0.252 e. The molecule has 0 saturated heterocycles. The molecule has 5 aliphatic rings. The van der Waals surface area contributed by atoms with E-state index in [4.69, 9.17) is 5.73 Å². The molecule has 0 spiro atoms. The molecule has 4 saturated carbocycles. The van der Waals surface area contributed by atoms with E-state index in [0.717, 1.165) is 35.8 Å². The Morgan fingerprint density at radius 1 is 1.32 bits per heavy atom.